The van der Waals surface area contributed by atoms with E-state index in [-0.39, 0.29) is 0 Å². The normalized spacial score (nSPS) is 13.6. The molecule has 6 heteroatoms. The Morgan fingerprint density at radius 3 is 2.68 bits per heavy atom. The highest BCUT2D eigenvalue weighted by atomic mass is 16.5. The smallest absolute Gasteiger partial charge is 0.226 e. The van der Waals surface area contributed by atoms with E-state index in [2.05, 4.69) is 20.0 Å². The molecule has 3 aromatic rings. The van der Waals surface area contributed by atoms with Crippen molar-refractivity contribution < 1.29 is 9.26 Å². The molecule has 3 heterocycles. The predicted octanol–water partition coefficient (Wildman–Crippen LogP) is 3.32. The number of ether oxygens (including phenoxy) is 1. The molecule has 0 aliphatic carbocycles. The van der Waals surface area contributed by atoms with E-state index in [0.717, 1.165) is 58.6 Å². The number of aryl methyl sites for hydroxylation is 2. The van der Waals surface area contributed by atoms with Crippen molar-refractivity contribution in [2.75, 3.05) is 18.6 Å². The predicted molar refractivity (Wildman–Crippen MR) is 94.8 cm³/mol. The van der Waals surface area contributed by atoms with Gasteiger partial charge in [-0.2, -0.15) is 0 Å². The molecule has 0 N–H and O–H groups in total. The van der Waals surface area contributed by atoms with Crippen molar-refractivity contribution in [1.82, 2.24) is 15.1 Å². The van der Waals surface area contributed by atoms with Gasteiger partial charge in [-0.1, -0.05) is 17.3 Å². The Bertz CT molecular complexity index is 899. The minimum absolute atomic E-state index is 0.689. The fraction of sp³-hybridized carbons (Fsp3) is 0.316. The summed E-state index contributed by atoms with van der Waals surface area (Å²) in [6.07, 6.45) is 0.794. The third-order valence-corrected chi connectivity index (χ3v) is 4.42. The Morgan fingerprint density at radius 1 is 1.12 bits per heavy atom. The van der Waals surface area contributed by atoms with Gasteiger partial charge in [0.1, 0.15) is 17.2 Å². The molecule has 0 unspecified atom stereocenters. The van der Waals surface area contributed by atoms with E-state index in [0.29, 0.717) is 6.54 Å². The van der Waals surface area contributed by atoms with Crippen LogP contribution in [0.1, 0.15) is 22.7 Å². The van der Waals surface area contributed by atoms with Gasteiger partial charge < -0.3 is 14.2 Å². The fourth-order valence-electron chi connectivity index (χ4n) is 3.23. The molecule has 1 aromatic carbocycles. The van der Waals surface area contributed by atoms with Gasteiger partial charge in [-0.25, -0.2) is 9.97 Å². The van der Waals surface area contributed by atoms with Crippen LogP contribution < -0.4 is 9.64 Å². The summed E-state index contributed by atoms with van der Waals surface area (Å²) in [5.74, 6) is 2.51. The van der Waals surface area contributed by atoms with Gasteiger partial charge in [0.05, 0.1) is 13.7 Å². The molecule has 4 rings (SSSR count). The first kappa shape index (κ1) is 15.6. The Morgan fingerprint density at radius 2 is 1.92 bits per heavy atom. The third kappa shape index (κ3) is 2.95. The second-order valence-electron chi connectivity index (χ2n) is 6.29. The van der Waals surface area contributed by atoms with Crippen LogP contribution in [-0.4, -0.2) is 28.8 Å². The van der Waals surface area contributed by atoms with E-state index in [1.807, 2.05) is 44.2 Å². The maximum Gasteiger partial charge on any atom is 0.226 e. The monoisotopic (exact) mass is 336 g/mol. The van der Waals surface area contributed by atoms with Crippen LogP contribution in [0.5, 0.6) is 5.75 Å². The lowest BCUT2D eigenvalue weighted by atomic mass is 10.0. The van der Waals surface area contributed by atoms with Crippen LogP contribution in [0, 0.1) is 13.8 Å². The largest absolute Gasteiger partial charge is 0.497 e. The van der Waals surface area contributed by atoms with Gasteiger partial charge in [-0.05, 0) is 32.0 Å². The average Bonchev–Trinajstić information content (AvgIpc) is 3.04. The number of benzene rings is 1. The maximum atomic E-state index is 5.59. The maximum absolute atomic E-state index is 5.59. The molecule has 1 aliphatic rings. The molecule has 0 bridgehead atoms. The summed E-state index contributed by atoms with van der Waals surface area (Å²) >= 11 is 0. The average molecular weight is 336 g/mol. The van der Waals surface area contributed by atoms with E-state index in [1.54, 1.807) is 7.11 Å². The number of hydrogen-bond donors (Lipinski definition) is 0. The Labute approximate surface area is 146 Å². The minimum atomic E-state index is 0.689. The summed E-state index contributed by atoms with van der Waals surface area (Å²) in [7, 11) is 1.66. The third-order valence-electron chi connectivity index (χ3n) is 4.42. The number of rotatable bonds is 3. The van der Waals surface area contributed by atoms with E-state index < -0.39 is 0 Å². The van der Waals surface area contributed by atoms with Gasteiger partial charge in [-0.15, -0.1) is 0 Å². The van der Waals surface area contributed by atoms with Crippen LogP contribution in [0.4, 0.5) is 5.95 Å². The summed E-state index contributed by atoms with van der Waals surface area (Å²) in [5, 5.41) is 4.31. The first-order valence-electron chi connectivity index (χ1n) is 8.33. The molecule has 6 nitrogen and oxygen atoms in total. The zero-order valence-electron chi connectivity index (χ0n) is 14.6. The Hall–Kier alpha value is -2.89. The van der Waals surface area contributed by atoms with Gasteiger partial charge >= 0.3 is 0 Å². The molecule has 0 amide bonds. The molecule has 0 spiro atoms. The molecule has 1 aliphatic heterocycles. The summed E-state index contributed by atoms with van der Waals surface area (Å²) in [6, 6.07) is 9.87. The molecule has 2 aromatic heterocycles. The van der Waals surface area contributed by atoms with Gasteiger partial charge in [0.2, 0.25) is 5.95 Å². The number of nitrogens with zero attached hydrogens (tertiary/aromatic N) is 4. The van der Waals surface area contributed by atoms with Crippen molar-refractivity contribution in [3.8, 4) is 17.0 Å². The van der Waals surface area contributed by atoms with Crippen molar-refractivity contribution in [2.24, 2.45) is 0 Å². The Balaban J connectivity index is 1.69. The van der Waals surface area contributed by atoms with Gasteiger partial charge in [-0.3, -0.25) is 0 Å². The summed E-state index contributed by atoms with van der Waals surface area (Å²) < 4.78 is 10.9. The number of hydrogen-bond acceptors (Lipinski definition) is 6. The lowest BCUT2D eigenvalue weighted by molar-refractivity contribution is 0.378. The molecular formula is C19H20N4O2. The topological polar surface area (TPSA) is 64.3 Å². The molecule has 0 fully saturated rings. The SMILES string of the molecule is COc1cccc(-c2noc3c2CN(c2nc(C)cc(C)n2)CC3)c1. The minimum Gasteiger partial charge on any atom is -0.497 e. The fourth-order valence-corrected chi connectivity index (χ4v) is 3.23. The number of fused-ring (bicyclic) bond motifs is 1. The molecule has 0 radical (unpaired) electrons. The van der Waals surface area contributed by atoms with Gasteiger partial charge in [0.25, 0.3) is 0 Å². The molecule has 0 saturated carbocycles. The van der Waals surface area contributed by atoms with Crippen LogP contribution in [0.15, 0.2) is 34.9 Å². The first-order valence-corrected chi connectivity index (χ1v) is 8.33. The van der Waals surface area contributed by atoms with Gasteiger partial charge in [0.15, 0.2) is 0 Å². The van der Waals surface area contributed by atoms with Crippen LogP contribution in [-0.2, 0) is 13.0 Å². The van der Waals surface area contributed by atoms with Crippen LogP contribution >= 0.6 is 0 Å². The first-order chi connectivity index (χ1) is 12.1. The lowest BCUT2D eigenvalue weighted by Crippen LogP contribution is -2.31. The highest BCUT2D eigenvalue weighted by Gasteiger charge is 2.26. The second-order valence-corrected chi connectivity index (χ2v) is 6.29. The lowest BCUT2D eigenvalue weighted by Gasteiger charge is -2.26. The van der Waals surface area contributed by atoms with E-state index in [4.69, 9.17) is 9.26 Å². The van der Waals surface area contributed by atoms with Crippen LogP contribution in [0.25, 0.3) is 11.3 Å². The molecular weight excluding hydrogens is 316 g/mol. The van der Waals surface area contributed by atoms with Crippen molar-refractivity contribution >= 4 is 5.95 Å². The quantitative estimate of drug-likeness (QED) is 0.731. The summed E-state index contributed by atoms with van der Waals surface area (Å²) in [6.45, 7) is 5.50. The molecule has 25 heavy (non-hydrogen) atoms. The standard InChI is InChI=1S/C19H20N4O2/c1-12-9-13(2)21-19(20-12)23-8-7-17-16(11-23)18(22-25-17)14-5-4-6-15(10-14)24-3/h4-6,9-10H,7-8,11H2,1-3H3. The highest BCUT2D eigenvalue weighted by molar-refractivity contribution is 5.66. The molecule has 0 saturated heterocycles. The van der Waals surface area contributed by atoms with Crippen molar-refractivity contribution in [3.05, 3.63) is 53.0 Å². The van der Waals surface area contributed by atoms with E-state index >= 15 is 0 Å². The number of anilines is 1. The highest BCUT2D eigenvalue weighted by Crippen LogP contribution is 2.32. The van der Waals surface area contributed by atoms with E-state index in [9.17, 15) is 0 Å². The van der Waals surface area contributed by atoms with E-state index in [1.165, 1.54) is 0 Å². The zero-order valence-corrected chi connectivity index (χ0v) is 14.6. The van der Waals surface area contributed by atoms with Crippen LogP contribution in [0.3, 0.4) is 0 Å². The van der Waals surface area contributed by atoms with Crippen molar-refractivity contribution in [2.45, 2.75) is 26.8 Å². The molecule has 0 atom stereocenters. The number of aromatic nitrogens is 3. The molecule has 128 valence electrons. The van der Waals surface area contributed by atoms with Crippen LogP contribution in [0.2, 0.25) is 0 Å². The van der Waals surface area contributed by atoms with Gasteiger partial charge in [0, 0.05) is 35.5 Å². The van der Waals surface area contributed by atoms with Crippen molar-refractivity contribution in [1.29, 1.82) is 0 Å². The summed E-state index contributed by atoms with van der Waals surface area (Å²) in [4.78, 5) is 11.4. The Kier molecular flexibility index (Phi) is 3.87. The zero-order chi connectivity index (χ0) is 17.4. The van der Waals surface area contributed by atoms with Crippen molar-refractivity contribution in [3.63, 3.8) is 0 Å². The summed E-state index contributed by atoms with van der Waals surface area (Å²) in [5.41, 5.74) is 4.91. The second kappa shape index (κ2) is 6.20. The number of methoxy groups -OCH3 is 1.